The van der Waals surface area contributed by atoms with Gasteiger partial charge in [0.1, 0.15) is 5.69 Å². The number of hydrogen-bond donors (Lipinski definition) is 2. The van der Waals surface area contributed by atoms with Crippen molar-refractivity contribution in [3.63, 3.8) is 0 Å². The van der Waals surface area contributed by atoms with Crippen LogP contribution in [0, 0.1) is 13.8 Å². The van der Waals surface area contributed by atoms with Gasteiger partial charge in [0.15, 0.2) is 11.2 Å². The lowest BCUT2D eigenvalue weighted by molar-refractivity contribution is -0.123. The van der Waals surface area contributed by atoms with Gasteiger partial charge in [-0.3, -0.25) is 10.1 Å². The van der Waals surface area contributed by atoms with E-state index in [1.165, 1.54) is 25.4 Å². The monoisotopic (exact) mass is 427 g/mol. The summed E-state index contributed by atoms with van der Waals surface area (Å²) in [7, 11) is 1.26. The zero-order chi connectivity index (χ0) is 21.8. The molecule has 0 aliphatic carbocycles. The number of nitrogens with zero attached hydrogens (tertiary/aromatic N) is 1. The molecule has 0 saturated carbocycles. The van der Waals surface area contributed by atoms with Gasteiger partial charge in [-0.1, -0.05) is 30.3 Å². The fourth-order valence-corrected chi connectivity index (χ4v) is 3.64. The van der Waals surface area contributed by atoms with Crippen LogP contribution in [0.4, 0.5) is 5.13 Å². The number of aromatic amines is 1. The third-order valence-electron chi connectivity index (χ3n) is 4.49. The van der Waals surface area contributed by atoms with Crippen LogP contribution >= 0.6 is 11.3 Å². The Labute approximate surface area is 177 Å². The van der Waals surface area contributed by atoms with E-state index in [2.05, 4.69) is 15.3 Å². The van der Waals surface area contributed by atoms with Gasteiger partial charge in [0.2, 0.25) is 0 Å². The van der Waals surface area contributed by atoms with E-state index in [1.807, 2.05) is 35.7 Å². The molecular weight excluding hydrogens is 406 g/mol. The highest BCUT2D eigenvalue weighted by atomic mass is 32.1. The minimum Gasteiger partial charge on any atom is -0.465 e. The van der Waals surface area contributed by atoms with Gasteiger partial charge in [-0.05, 0) is 26.3 Å². The summed E-state index contributed by atoms with van der Waals surface area (Å²) in [6.07, 6.45) is -1.06. The summed E-state index contributed by atoms with van der Waals surface area (Å²) in [4.78, 5) is 44.0. The molecule has 0 radical (unpaired) electrons. The highest BCUT2D eigenvalue weighted by molar-refractivity contribution is 7.14. The van der Waals surface area contributed by atoms with Crippen molar-refractivity contribution in [2.75, 3.05) is 12.4 Å². The SMILES string of the molecule is COC(=O)c1c(C)[nH]c(C(=O)OC(C)C(=O)Nc2nc(-c3ccccc3)cs2)c1C. The van der Waals surface area contributed by atoms with Crippen molar-refractivity contribution >= 4 is 34.3 Å². The Morgan fingerprint density at radius 1 is 1.13 bits per heavy atom. The van der Waals surface area contributed by atoms with Crippen molar-refractivity contribution in [1.82, 2.24) is 9.97 Å². The van der Waals surface area contributed by atoms with Gasteiger partial charge >= 0.3 is 11.9 Å². The van der Waals surface area contributed by atoms with Crippen LogP contribution in [-0.4, -0.2) is 41.0 Å². The van der Waals surface area contributed by atoms with Crippen LogP contribution in [0.25, 0.3) is 11.3 Å². The molecule has 0 fully saturated rings. The minimum absolute atomic E-state index is 0.105. The Morgan fingerprint density at radius 2 is 1.83 bits per heavy atom. The number of carbonyl (C=O) groups is 3. The molecule has 1 unspecified atom stereocenters. The van der Waals surface area contributed by atoms with Crippen LogP contribution in [-0.2, 0) is 14.3 Å². The second-order valence-electron chi connectivity index (χ2n) is 6.56. The summed E-state index contributed by atoms with van der Waals surface area (Å²) < 4.78 is 10.00. The molecule has 0 aliphatic heterocycles. The Hall–Kier alpha value is -3.46. The molecule has 1 aromatic carbocycles. The third kappa shape index (κ3) is 4.41. The number of H-pyrrole nitrogens is 1. The molecule has 8 nitrogen and oxygen atoms in total. The van der Waals surface area contributed by atoms with Crippen molar-refractivity contribution in [3.05, 3.63) is 58.2 Å². The van der Waals surface area contributed by atoms with Crippen molar-refractivity contribution in [1.29, 1.82) is 0 Å². The first-order valence-corrected chi connectivity index (χ1v) is 10.00. The fraction of sp³-hybridized carbons (Fsp3) is 0.238. The average molecular weight is 427 g/mol. The highest BCUT2D eigenvalue weighted by Gasteiger charge is 2.26. The molecule has 156 valence electrons. The smallest absolute Gasteiger partial charge is 0.355 e. The molecule has 1 amide bonds. The second-order valence-corrected chi connectivity index (χ2v) is 7.42. The first-order chi connectivity index (χ1) is 14.3. The number of aryl methyl sites for hydroxylation is 1. The number of amides is 1. The molecule has 3 rings (SSSR count). The van der Waals surface area contributed by atoms with Gasteiger partial charge in [0, 0.05) is 16.6 Å². The van der Waals surface area contributed by atoms with E-state index in [1.54, 1.807) is 13.8 Å². The number of carbonyl (C=O) groups excluding carboxylic acids is 3. The molecular formula is C21H21N3O5S. The summed E-state index contributed by atoms with van der Waals surface area (Å²) in [6.45, 7) is 4.72. The van der Waals surface area contributed by atoms with Crippen molar-refractivity contribution in [2.24, 2.45) is 0 Å². The number of esters is 2. The number of thiazole rings is 1. The van der Waals surface area contributed by atoms with Crippen LogP contribution in [0.1, 0.15) is 39.0 Å². The molecule has 0 spiro atoms. The molecule has 1 atom stereocenters. The van der Waals surface area contributed by atoms with Gasteiger partial charge in [-0.15, -0.1) is 11.3 Å². The number of hydrogen-bond acceptors (Lipinski definition) is 7. The Kier molecular flexibility index (Phi) is 6.31. The van der Waals surface area contributed by atoms with Crippen molar-refractivity contribution < 1.29 is 23.9 Å². The van der Waals surface area contributed by atoms with Crippen molar-refractivity contribution in [2.45, 2.75) is 26.9 Å². The number of anilines is 1. The average Bonchev–Trinajstić information content (AvgIpc) is 3.32. The van der Waals surface area contributed by atoms with Crippen LogP contribution in [0.5, 0.6) is 0 Å². The number of rotatable bonds is 6. The van der Waals surface area contributed by atoms with E-state index >= 15 is 0 Å². The highest BCUT2D eigenvalue weighted by Crippen LogP contribution is 2.25. The van der Waals surface area contributed by atoms with Gasteiger partial charge in [0.25, 0.3) is 5.91 Å². The summed E-state index contributed by atoms with van der Waals surface area (Å²) in [5, 5.41) is 4.89. The van der Waals surface area contributed by atoms with E-state index in [4.69, 9.17) is 9.47 Å². The lowest BCUT2D eigenvalue weighted by Crippen LogP contribution is -2.30. The first-order valence-electron chi connectivity index (χ1n) is 9.12. The number of nitrogens with one attached hydrogen (secondary N) is 2. The summed E-state index contributed by atoms with van der Waals surface area (Å²) in [5.41, 5.74) is 2.95. The lowest BCUT2D eigenvalue weighted by atomic mass is 10.1. The van der Waals surface area contributed by atoms with Crippen LogP contribution in [0.15, 0.2) is 35.7 Å². The minimum atomic E-state index is -1.06. The molecule has 3 aromatic rings. The fourth-order valence-electron chi connectivity index (χ4n) is 2.92. The maximum Gasteiger partial charge on any atom is 0.355 e. The molecule has 2 aromatic heterocycles. The largest absolute Gasteiger partial charge is 0.465 e. The van der Waals surface area contributed by atoms with Gasteiger partial charge in [-0.25, -0.2) is 14.6 Å². The molecule has 2 heterocycles. The van der Waals surface area contributed by atoms with Crippen LogP contribution in [0.3, 0.4) is 0 Å². The molecule has 0 saturated heterocycles. The predicted octanol–water partition coefficient (Wildman–Crippen LogP) is 3.73. The number of benzene rings is 1. The van der Waals surface area contributed by atoms with Crippen LogP contribution in [0.2, 0.25) is 0 Å². The normalized spacial score (nSPS) is 11.6. The maximum absolute atomic E-state index is 12.5. The zero-order valence-electron chi connectivity index (χ0n) is 16.9. The van der Waals surface area contributed by atoms with Gasteiger partial charge in [-0.2, -0.15) is 0 Å². The number of methoxy groups -OCH3 is 1. The number of aromatic nitrogens is 2. The van der Waals surface area contributed by atoms with Gasteiger partial charge < -0.3 is 14.5 Å². The van der Waals surface area contributed by atoms with E-state index in [0.717, 1.165) is 11.3 Å². The van der Waals surface area contributed by atoms with Crippen LogP contribution < -0.4 is 5.32 Å². The Balaban J connectivity index is 1.66. The standard InChI is InChI=1S/C21H21N3O5S/c1-11-16(19(26)28-4)12(2)22-17(11)20(27)29-13(3)18(25)24-21-23-15(10-30-21)14-8-6-5-7-9-14/h5-10,13,22H,1-4H3,(H,23,24,25). The summed E-state index contributed by atoms with van der Waals surface area (Å²) in [5.74, 6) is -1.80. The lowest BCUT2D eigenvalue weighted by Gasteiger charge is -2.12. The topological polar surface area (TPSA) is 110 Å². The molecule has 0 aliphatic rings. The molecule has 30 heavy (non-hydrogen) atoms. The van der Waals surface area contributed by atoms with E-state index in [-0.39, 0.29) is 11.3 Å². The molecule has 9 heteroatoms. The van der Waals surface area contributed by atoms with Gasteiger partial charge in [0.05, 0.1) is 18.4 Å². The Bertz CT molecular complexity index is 1090. The zero-order valence-corrected chi connectivity index (χ0v) is 17.8. The summed E-state index contributed by atoms with van der Waals surface area (Å²) >= 11 is 1.28. The Morgan fingerprint density at radius 3 is 2.50 bits per heavy atom. The first kappa shape index (κ1) is 21.3. The van der Waals surface area contributed by atoms with E-state index in [9.17, 15) is 14.4 Å². The van der Waals surface area contributed by atoms with Crippen molar-refractivity contribution in [3.8, 4) is 11.3 Å². The molecule has 2 N–H and O–H groups in total. The number of ether oxygens (including phenoxy) is 2. The van der Waals surface area contributed by atoms with E-state index < -0.39 is 23.9 Å². The molecule has 0 bridgehead atoms. The summed E-state index contributed by atoms with van der Waals surface area (Å²) in [6, 6.07) is 9.58. The third-order valence-corrected chi connectivity index (χ3v) is 5.25. The maximum atomic E-state index is 12.5. The second kappa shape index (κ2) is 8.91. The predicted molar refractivity (Wildman–Crippen MR) is 113 cm³/mol. The van der Waals surface area contributed by atoms with E-state index in [0.29, 0.717) is 16.4 Å². The quantitative estimate of drug-likeness (QED) is 0.580.